The maximum absolute atomic E-state index is 12.5. The van der Waals surface area contributed by atoms with Crippen LogP contribution in [0.15, 0.2) is 24.3 Å². The van der Waals surface area contributed by atoms with Gasteiger partial charge in [-0.15, -0.1) is 0 Å². The van der Waals surface area contributed by atoms with Gasteiger partial charge in [-0.05, 0) is 83.1 Å². The van der Waals surface area contributed by atoms with Gasteiger partial charge in [0.2, 0.25) is 0 Å². The molecule has 1 heterocycles. The molecule has 0 aromatic heterocycles. The van der Waals surface area contributed by atoms with Crippen molar-refractivity contribution in [3.63, 3.8) is 0 Å². The highest BCUT2D eigenvalue weighted by Crippen LogP contribution is 2.23. The summed E-state index contributed by atoms with van der Waals surface area (Å²) in [7, 11) is 0. The summed E-state index contributed by atoms with van der Waals surface area (Å²) in [5, 5.41) is 3.08. The molecule has 2 unspecified atom stereocenters. The van der Waals surface area contributed by atoms with Gasteiger partial charge in [-0.1, -0.05) is 0 Å². The number of nitrogens with two attached hydrogens (primary N) is 1. The molecule has 1 aromatic carbocycles. The Morgan fingerprint density at radius 2 is 1.64 bits per heavy atom. The molecule has 2 fully saturated rings. The Labute approximate surface area is 167 Å². The molecule has 0 bridgehead atoms. The number of hydrogen-bond donors (Lipinski definition) is 2. The second-order valence-electron chi connectivity index (χ2n) is 8.33. The van der Waals surface area contributed by atoms with E-state index in [0.717, 1.165) is 38.5 Å². The third-order valence-electron chi connectivity index (χ3n) is 6.07. The molecule has 28 heavy (non-hydrogen) atoms. The summed E-state index contributed by atoms with van der Waals surface area (Å²) in [4.78, 5) is 26.9. The van der Waals surface area contributed by atoms with E-state index in [0.29, 0.717) is 11.3 Å². The maximum atomic E-state index is 12.5. The summed E-state index contributed by atoms with van der Waals surface area (Å²) in [5.74, 6) is 0.557. The third-order valence-corrected chi connectivity index (χ3v) is 6.07. The summed E-state index contributed by atoms with van der Waals surface area (Å²) < 4.78 is 5.68. The minimum atomic E-state index is -0.0703. The van der Waals surface area contributed by atoms with Crippen molar-refractivity contribution in [3.8, 4) is 5.75 Å². The normalized spacial score (nSPS) is 27.9. The Kier molecular flexibility index (Phi) is 6.94. The van der Waals surface area contributed by atoms with E-state index < -0.39 is 0 Å². The van der Waals surface area contributed by atoms with Crippen LogP contribution in [0.25, 0.3) is 0 Å². The van der Waals surface area contributed by atoms with Crippen molar-refractivity contribution >= 4 is 11.8 Å². The predicted molar refractivity (Wildman–Crippen MR) is 109 cm³/mol. The first-order valence-corrected chi connectivity index (χ1v) is 10.5. The summed E-state index contributed by atoms with van der Waals surface area (Å²) in [5.41, 5.74) is 6.52. The number of hydrogen-bond acceptors (Lipinski definition) is 4. The van der Waals surface area contributed by atoms with Crippen molar-refractivity contribution in [2.24, 2.45) is 5.73 Å². The van der Waals surface area contributed by atoms with Crippen molar-refractivity contribution in [1.29, 1.82) is 0 Å². The molecule has 2 amide bonds. The lowest BCUT2D eigenvalue weighted by atomic mass is 9.91. The quantitative estimate of drug-likeness (QED) is 0.814. The number of nitrogens with zero attached hydrogens (tertiary/aromatic N) is 1. The molecule has 1 saturated carbocycles. The van der Waals surface area contributed by atoms with Gasteiger partial charge in [0.15, 0.2) is 6.61 Å². The summed E-state index contributed by atoms with van der Waals surface area (Å²) in [6.07, 6.45) is 7.05. The Balaban J connectivity index is 1.48. The van der Waals surface area contributed by atoms with Crippen LogP contribution in [0.1, 0.15) is 69.2 Å². The summed E-state index contributed by atoms with van der Waals surface area (Å²) in [6, 6.07) is 7.99. The zero-order valence-corrected chi connectivity index (χ0v) is 17.0. The van der Waals surface area contributed by atoms with Crippen molar-refractivity contribution in [2.45, 2.75) is 83.0 Å². The van der Waals surface area contributed by atoms with Gasteiger partial charge in [-0.25, -0.2) is 0 Å². The van der Waals surface area contributed by atoms with Crippen LogP contribution >= 0.6 is 0 Å². The number of piperidine rings is 1. The van der Waals surface area contributed by atoms with Gasteiger partial charge in [0.05, 0.1) is 0 Å². The average Bonchev–Trinajstić information content (AvgIpc) is 2.68. The second-order valence-corrected chi connectivity index (χ2v) is 8.33. The Hall–Kier alpha value is -2.08. The minimum Gasteiger partial charge on any atom is -0.484 e. The predicted octanol–water partition coefficient (Wildman–Crippen LogP) is 2.85. The lowest BCUT2D eigenvalue weighted by molar-refractivity contribution is -0.139. The molecular weight excluding hydrogens is 354 g/mol. The molecule has 0 spiro atoms. The number of nitrogens with one attached hydrogen (secondary N) is 1. The van der Waals surface area contributed by atoms with Gasteiger partial charge in [0, 0.05) is 29.7 Å². The van der Waals surface area contributed by atoms with Crippen LogP contribution in [0.2, 0.25) is 0 Å². The highest BCUT2D eigenvalue weighted by atomic mass is 16.5. The molecule has 0 radical (unpaired) electrons. The SMILES string of the molecule is CC1CCCC(C)N1C(=O)COc1ccc(C(=O)NC2CCC(N)CC2)cc1. The van der Waals surface area contributed by atoms with Gasteiger partial charge < -0.3 is 20.7 Å². The molecule has 6 heteroatoms. The number of likely N-dealkylation sites (tertiary alicyclic amines) is 1. The minimum absolute atomic E-state index is 0.0250. The summed E-state index contributed by atoms with van der Waals surface area (Å²) in [6.45, 7) is 4.23. The van der Waals surface area contributed by atoms with Crippen molar-refractivity contribution in [3.05, 3.63) is 29.8 Å². The van der Waals surface area contributed by atoms with E-state index in [-0.39, 0.29) is 42.6 Å². The molecule has 1 saturated heterocycles. The van der Waals surface area contributed by atoms with E-state index >= 15 is 0 Å². The monoisotopic (exact) mass is 387 g/mol. The van der Waals surface area contributed by atoms with Gasteiger partial charge >= 0.3 is 0 Å². The molecule has 1 aliphatic heterocycles. The maximum Gasteiger partial charge on any atom is 0.260 e. The third kappa shape index (κ3) is 5.25. The number of carbonyl (C=O) groups is 2. The number of carbonyl (C=O) groups excluding carboxylic acids is 2. The van der Waals surface area contributed by atoms with Crippen LogP contribution in [0.5, 0.6) is 5.75 Å². The zero-order valence-electron chi connectivity index (χ0n) is 17.0. The Morgan fingerprint density at radius 3 is 2.25 bits per heavy atom. The Morgan fingerprint density at radius 1 is 1.04 bits per heavy atom. The first-order valence-electron chi connectivity index (χ1n) is 10.5. The fraction of sp³-hybridized carbons (Fsp3) is 0.636. The number of ether oxygens (including phenoxy) is 1. The molecule has 1 aliphatic carbocycles. The lowest BCUT2D eigenvalue weighted by Crippen LogP contribution is -2.49. The standard InChI is InChI=1S/C22H33N3O3/c1-15-4-3-5-16(2)25(15)21(26)14-28-20-12-6-17(7-13-20)22(27)24-19-10-8-18(23)9-11-19/h6-7,12-13,15-16,18-19H,3-5,8-11,14,23H2,1-2H3,(H,24,27). The second kappa shape index (κ2) is 9.41. The molecule has 2 atom stereocenters. The van der Waals surface area contributed by atoms with E-state index in [1.165, 1.54) is 6.42 Å². The van der Waals surface area contributed by atoms with Gasteiger partial charge in [-0.3, -0.25) is 9.59 Å². The number of rotatable bonds is 5. The zero-order chi connectivity index (χ0) is 20.1. The Bertz CT molecular complexity index is 658. The van der Waals surface area contributed by atoms with Crippen LogP contribution in [-0.4, -0.2) is 47.5 Å². The molecule has 1 aromatic rings. The lowest BCUT2D eigenvalue weighted by Gasteiger charge is -2.38. The number of amides is 2. The fourth-order valence-corrected chi connectivity index (χ4v) is 4.37. The highest BCUT2D eigenvalue weighted by molar-refractivity contribution is 5.94. The van der Waals surface area contributed by atoms with Crippen molar-refractivity contribution < 1.29 is 14.3 Å². The van der Waals surface area contributed by atoms with Crippen LogP contribution in [0.3, 0.4) is 0 Å². The van der Waals surface area contributed by atoms with E-state index in [1.807, 2.05) is 4.90 Å². The molecule has 3 N–H and O–H groups in total. The molecule has 2 aliphatic rings. The molecular formula is C22H33N3O3. The van der Waals surface area contributed by atoms with Crippen molar-refractivity contribution in [2.75, 3.05) is 6.61 Å². The average molecular weight is 388 g/mol. The van der Waals surface area contributed by atoms with E-state index in [4.69, 9.17) is 10.5 Å². The van der Waals surface area contributed by atoms with Gasteiger partial charge in [0.1, 0.15) is 5.75 Å². The van der Waals surface area contributed by atoms with E-state index in [1.54, 1.807) is 24.3 Å². The number of benzene rings is 1. The van der Waals surface area contributed by atoms with Crippen LogP contribution in [0.4, 0.5) is 0 Å². The first kappa shape index (κ1) is 20.6. The van der Waals surface area contributed by atoms with E-state index in [2.05, 4.69) is 19.2 Å². The topological polar surface area (TPSA) is 84.7 Å². The summed E-state index contributed by atoms with van der Waals surface area (Å²) >= 11 is 0. The molecule has 154 valence electrons. The van der Waals surface area contributed by atoms with E-state index in [9.17, 15) is 9.59 Å². The molecule has 6 nitrogen and oxygen atoms in total. The fourth-order valence-electron chi connectivity index (χ4n) is 4.37. The van der Waals surface area contributed by atoms with Crippen LogP contribution in [-0.2, 0) is 4.79 Å². The van der Waals surface area contributed by atoms with Crippen molar-refractivity contribution in [1.82, 2.24) is 10.2 Å². The first-order chi connectivity index (χ1) is 13.4. The van der Waals surface area contributed by atoms with Crippen LogP contribution < -0.4 is 15.8 Å². The van der Waals surface area contributed by atoms with Crippen LogP contribution in [0, 0.1) is 0 Å². The van der Waals surface area contributed by atoms with Gasteiger partial charge in [0.25, 0.3) is 11.8 Å². The molecule has 3 rings (SSSR count). The highest BCUT2D eigenvalue weighted by Gasteiger charge is 2.29. The van der Waals surface area contributed by atoms with Gasteiger partial charge in [-0.2, -0.15) is 0 Å². The largest absolute Gasteiger partial charge is 0.484 e. The smallest absolute Gasteiger partial charge is 0.260 e.